The summed E-state index contributed by atoms with van der Waals surface area (Å²) in [7, 11) is 0. The van der Waals surface area contributed by atoms with Gasteiger partial charge in [0, 0.05) is 21.9 Å². The zero-order valence-electron chi connectivity index (χ0n) is 21.8. The lowest BCUT2D eigenvalue weighted by Gasteiger charge is -2.23. The van der Waals surface area contributed by atoms with Crippen molar-refractivity contribution in [2.24, 2.45) is 5.92 Å². The van der Waals surface area contributed by atoms with Crippen LogP contribution in [0, 0.1) is 11.7 Å². The minimum atomic E-state index is -0.506. The summed E-state index contributed by atoms with van der Waals surface area (Å²) < 4.78 is 23.0. The van der Waals surface area contributed by atoms with Crippen molar-refractivity contribution in [1.82, 2.24) is 10.0 Å². The topological polar surface area (TPSA) is 50.4 Å². The quantitative estimate of drug-likeness (QED) is 0.323. The number of aryl methyl sites for hydroxylation is 1. The summed E-state index contributed by atoms with van der Waals surface area (Å²) in [6.07, 6.45) is 5.31. The number of amides is 1. The van der Waals surface area contributed by atoms with Gasteiger partial charge in [0.15, 0.2) is 0 Å². The first-order valence-electron chi connectivity index (χ1n) is 13.0. The molecule has 0 aromatic heterocycles. The molecule has 4 nitrogen and oxygen atoms in total. The van der Waals surface area contributed by atoms with Crippen LogP contribution in [0.1, 0.15) is 80.8 Å². The molecule has 0 spiro atoms. The van der Waals surface area contributed by atoms with Crippen molar-refractivity contribution >= 4 is 41.1 Å². The molecule has 0 atom stereocenters. The van der Waals surface area contributed by atoms with Crippen molar-refractivity contribution in [3.8, 4) is 5.75 Å². The number of ether oxygens (including phenoxy) is 1. The number of piperidine rings is 1. The van der Waals surface area contributed by atoms with Crippen molar-refractivity contribution in [1.29, 1.82) is 0 Å². The zero-order valence-corrected chi connectivity index (χ0v) is 24.1. The molecular weight excluding hydrogens is 518 g/mol. The Morgan fingerprint density at radius 1 is 1.11 bits per heavy atom. The fraction of sp³-hybridized carbons (Fsp3) is 0.536. The Hall–Kier alpha value is -1.47. The fourth-order valence-electron chi connectivity index (χ4n) is 3.84. The van der Waals surface area contributed by atoms with Crippen molar-refractivity contribution in [2.75, 3.05) is 25.4 Å². The first-order chi connectivity index (χ1) is 17.4. The average molecular weight is 558 g/mol. The van der Waals surface area contributed by atoms with E-state index in [1.54, 1.807) is 12.1 Å². The van der Waals surface area contributed by atoms with Crippen LogP contribution in [0.15, 0.2) is 30.3 Å². The first-order valence-corrected chi connectivity index (χ1v) is 14.7. The second kappa shape index (κ2) is 16.4. The maximum atomic E-state index is 14.4. The summed E-state index contributed by atoms with van der Waals surface area (Å²) in [4.78, 5) is 12.1. The van der Waals surface area contributed by atoms with Crippen LogP contribution >= 0.6 is 35.1 Å². The van der Waals surface area contributed by atoms with E-state index >= 15 is 0 Å². The van der Waals surface area contributed by atoms with E-state index in [0.29, 0.717) is 29.2 Å². The highest BCUT2D eigenvalue weighted by Gasteiger charge is 2.29. The number of hydrogen-bond donors (Lipinski definition) is 2. The van der Waals surface area contributed by atoms with Gasteiger partial charge in [0.2, 0.25) is 0 Å². The Bertz CT molecular complexity index is 967. The van der Waals surface area contributed by atoms with Gasteiger partial charge in [-0.05, 0) is 86.4 Å². The lowest BCUT2D eigenvalue weighted by atomic mass is 9.99. The van der Waals surface area contributed by atoms with Gasteiger partial charge in [-0.15, -0.1) is 0 Å². The molecule has 1 saturated heterocycles. The predicted octanol–water partition coefficient (Wildman–Crippen LogP) is 8.06. The van der Waals surface area contributed by atoms with Crippen LogP contribution in [0.2, 0.25) is 10.0 Å². The molecule has 0 radical (unpaired) electrons. The lowest BCUT2D eigenvalue weighted by molar-refractivity contribution is 0.0980. The summed E-state index contributed by atoms with van der Waals surface area (Å²) in [6, 6.07) is 8.66. The lowest BCUT2D eigenvalue weighted by Crippen LogP contribution is -2.30. The van der Waals surface area contributed by atoms with Crippen molar-refractivity contribution in [3.63, 3.8) is 0 Å². The molecule has 0 unspecified atom stereocenters. The molecule has 4 rings (SSSR count). The Morgan fingerprint density at radius 3 is 2.39 bits per heavy atom. The molecule has 2 fully saturated rings. The number of benzene rings is 2. The monoisotopic (exact) mass is 556 g/mol. The van der Waals surface area contributed by atoms with Crippen molar-refractivity contribution in [3.05, 3.63) is 62.9 Å². The van der Waals surface area contributed by atoms with Crippen molar-refractivity contribution < 1.29 is 13.9 Å². The van der Waals surface area contributed by atoms with Gasteiger partial charge >= 0.3 is 0 Å². The fourth-order valence-corrected chi connectivity index (χ4v) is 4.77. The van der Waals surface area contributed by atoms with Crippen molar-refractivity contribution in [2.45, 2.75) is 65.7 Å². The highest BCUT2D eigenvalue weighted by molar-refractivity contribution is 7.97. The third-order valence-electron chi connectivity index (χ3n) is 6.00. The van der Waals surface area contributed by atoms with E-state index in [9.17, 15) is 9.18 Å². The van der Waals surface area contributed by atoms with Crippen LogP contribution in [0.5, 0.6) is 5.75 Å². The third-order valence-corrected chi connectivity index (χ3v) is 7.21. The van der Waals surface area contributed by atoms with E-state index in [-0.39, 0.29) is 11.5 Å². The first kappa shape index (κ1) is 30.8. The van der Waals surface area contributed by atoms with Gasteiger partial charge < -0.3 is 10.1 Å². The molecule has 2 N–H and O–H groups in total. The summed E-state index contributed by atoms with van der Waals surface area (Å²) in [6.45, 7) is 10.7. The van der Waals surface area contributed by atoms with Crippen LogP contribution in [0.4, 0.5) is 4.39 Å². The number of hydrogen-bond acceptors (Lipinski definition) is 4. The van der Waals surface area contributed by atoms with Crippen LogP contribution in [-0.4, -0.2) is 31.4 Å². The Labute approximate surface area is 230 Å². The molecule has 2 aliphatic rings. The Kier molecular flexibility index (Phi) is 14.0. The van der Waals surface area contributed by atoms with Crippen LogP contribution in [0.3, 0.4) is 0 Å². The minimum Gasteiger partial charge on any atom is -0.493 e. The standard InChI is InChI=1S/C18H25FN2O2S.C8H8Cl2.C2H6/c1-2-24-21-18(22)15-9-14(13-3-4-13)17(10-16(15)19)23-11-12-5-7-20-8-6-12;1-2-6-3-4-7(9)5-8(6)10;1-2/h9-10,12-13,20H,2-8,11H2,1H3,(H,21,22);3-5H,2H2,1H3;1-2H3. The molecule has 0 bridgehead atoms. The molecule has 1 amide bonds. The minimum absolute atomic E-state index is 0.118. The maximum Gasteiger partial charge on any atom is 0.264 e. The molecule has 1 heterocycles. The molecule has 1 saturated carbocycles. The van der Waals surface area contributed by atoms with E-state index < -0.39 is 5.82 Å². The van der Waals surface area contributed by atoms with Gasteiger partial charge in [0.1, 0.15) is 11.6 Å². The van der Waals surface area contributed by atoms with E-state index in [2.05, 4.69) is 17.0 Å². The van der Waals surface area contributed by atoms with E-state index in [0.717, 1.165) is 67.1 Å². The maximum absolute atomic E-state index is 14.4. The summed E-state index contributed by atoms with van der Waals surface area (Å²) in [5, 5.41) is 4.79. The van der Waals surface area contributed by atoms with Gasteiger partial charge in [-0.25, -0.2) is 4.39 Å². The normalized spacial score (nSPS) is 15.2. The summed E-state index contributed by atoms with van der Waals surface area (Å²) in [5.74, 6) is 1.41. The van der Waals surface area contributed by atoms with Gasteiger partial charge in [-0.2, -0.15) is 0 Å². The Balaban J connectivity index is 0.000000318. The molecule has 36 heavy (non-hydrogen) atoms. The number of rotatable bonds is 8. The molecule has 1 aliphatic heterocycles. The summed E-state index contributed by atoms with van der Waals surface area (Å²) >= 11 is 12.8. The molecule has 2 aromatic carbocycles. The molecule has 2 aromatic rings. The number of halogens is 3. The molecule has 8 heteroatoms. The Morgan fingerprint density at radius 2 is 1.81 bits per heavy atom. The highest BCUT2D eigenvalue weighted by Crippen LogP contribution is 2.45. The number of carbonyl (C=O) groups is 1. The SMILES string of the molecule is CC.CCSNC(=O)c1cc(C2CC2)c(OCC2CCNCC2)cc1F.CCc1ccc(Cl)cc1Cl. The smallest absolute Gasteiger partial charge is 0.264 e. The number of carbonyl (C=O) groups excluding carboxylic acids is 1. The molecular formula is C28H39Cl2FN2O2S. The molecule has 200 valence electrons. The number of nitrogens with one attached hydrogen (secondary N) is 2. The van der Waals surface area contributed by atoms with Gasteiger partial charge in [-0.1, -0.05) is 68.9 Å². The highest BCUT2D eigenvalue weighted by atomic mass is 35.5. The second-order valence-electron chi connectivity index (χ2n) is 8.60. The molecule has 1 aliphatic carbocycles. The van der Waals surface area contributed by atoms with Gasteiger partial charge in [0.05, 0.1) is 12.2 Å². The van der Waals surface area contributed by atoms with Crippen LogP contribution in [-0.2, 0) is 6.42 Å². The third kappa shape index (κ3) is 9.77. The van der Waals surface area contributed by atoms with Gasteiger partial charge in [-0.3, -0.25) is 9.52 Å². The predicted molar refractivity (Wildman–Crippen MR) is 152 cm³/mol. The van der Waals surface area contributed by atoms with E-state index in [1.807, 2.05) is 32.9 Å². The average Bonchev–Trinajstić information content (AvgIpc) is 3.74. The van der Waals surface area contributed by atoms with Gasteiger partial charge in [0.25, 0.3) is 5.91 Å². The van der Waals surface area contributed by atoms with E-state index in [4.69, 9.17) is 27.9 Å². The van der Waals surface area contributed by atoms with E-state index in [1.165, 1.54) is 18.0 Å². The summed E-state index contributed by atoms with van der Waals surface area (Å²) in [5.41, 5.74) is 2.25. The van der Waals surface area contributed by atoms with Crippen LogP contribution in [0.25, 0.3) is 0 Å². The van der Waals surface area contributed by atoms with Crippen LogP contribution < -0.4 is 14.8 Å². The second-order valence-corrected chi connectivity index (χ2v) is 10.5. The largest absolute Gasteiger partial charge is 0.493 e. The zero-order chi connectivity index (χ0) is 26.5.